The summed E-state index contributed by atoms with van der Waals surface area (Å²) in [7, 11) is 0. The molecule has 0 atom stereocenters. The van der Waals surface area contributed by atoms with Gasteiger partial charge in [0.1, 0.15) is 0 Å². The molecule has 21 heteroatoms. The Morgan fingerprint density at radius 1 is 0.340 bits per heavy atom. The number of thiol groups is 1. The zero-order valence-corrected chi connectivity index (χ0v) is 31.2. The second kappa shape index (κ2) is 35.0. The van der Waals surface area contributed by atoms with Crippen molar-refractivity contribution in [3.8, 4) is 0 Å². The Balaban J connectivity index is -0.000000726. The summed E-state index contributed by atoms with van der Waals surface area (Å²) in [5, 5.41) is 68.9. The van der Waals surface area contributed by atoms with E-state index in [4.69, 9.17) is 40.9 Å². The van der Waals surface area contributed by atoms with Crippen LogP contribution < -0.4 is 0 Å². The van der Waals surface area contributed by atoms with Crippen LogP contribution in [0.3, 0.4) is 0 Å². The van der Waals surface area contributed by atoms with Gasteiger partial charge in [-0.25, -0.2) is 0 Å². The molecule has 20 nitrogen and oxygen atoms in total. The van der Waals surface area contributed by atoms with Crippen LogP contribution in [-0.2, 0) is 38.4 Å². The molecule has 0 aromatic heterocycles. The van der Waals surface area contributed by atoms with Crippen LogP contribution in [0.2, 0.25) is 0 Å². The van der Waals surface area contributed by atoms with E-state index in [0.29, 0.717) is 0 Å². The number of rotatable bonds is 32. The van der Waals surface area contributed by atoms with Gasteiger partial charge in [0.05, 0.1) is 52.4 Å². The molecule has 0 aromatic rings. The van der Waals surface area contributed by atoms with Gasteiger partial charge < -0.3 is 40.9 Å². The molecule has 0 amide bonds. The Labute approximate surface area is 314 Å². The van der Waals surface area contributed by atoms with Crippen LogP contribution in [0.15, 0.2) is 0 Å². The molecular weight excluding hydrogens is 728 g/mol. The van der Waals surface area contributed by atoms with E-state index in [1.54, 1.807) is 0 Å². The summed E-state index contributed by atoms with van der Waals surface area (Å²) < 4.78 is 0. The van der Waals surface area contributed by atoms with Crippen LogP contribution in [0.1, 0.15) is 71.1 Å². The summed E-state index contributed by atoms with van der Waals surface area (Å²) in [4.78, 5) is 88.7. The first-order valence-corrected chi connectivity index (χ1v) is 17.7. The molecule has 308 valence electrons. The van der Waals surface area contributed by atoms with E-state index in [1.807, 2.05) is 0 Å². The molecule has 0 fully saturated rings. The normalized spacial score (nSPS) is 10.7. The van der Waals surface area contributed by atoms with E-state index >= 15 is 0 Å². The predicted octanol–water partition coefficient (Wildman–Crippen LogP) is 0.695. The van der Waals surface area contributed by atoms with Gasteiger partial charge in [0.15, 0.2) is 0 Å². The van der Waals surface area contributed by atoms with Gasteiger partial charge in [0, 0.05) is 26.2 Å². The highest BCUT2D eigenvalue weighted by Gasteiger charge is 2.19. The molecule has 0 aliphatic heterocycles. The molecule has 0 spiro atoms. The fraction of sp³-hybridized carbons (Fsp3) is 0.750. The molecule has 0 radical (unpaired) electrons. The van der Waals surface area contributed by atoms with Gasteiger partial charge in [-0.1, -0.05) is 64.7 Å². The van der Waals surface area contributed by atoms with Crippen molar-refractivity contribution in [1.82, 2.24) is 19.6 Å². The van der Waals surface area contributed by atoms with Crippen LogP contribution in [0, 0.1) is 0 Å². The number of hydrogen-bond donors (Lipinski definition) is 9. The summed E-state index contributed by atoms with van der Waals surface area (Å²) in [5.41, 5.74) is 0. The standard InChI is InChI=1S/C12H26S.2C10H16N2O8/c1-2-3-4-5-6-7-8-9-10-11-12-13;2*13-7(14)3-11(4-8(15)16)1-2-12(5-9(17)18)6-10(19)20/h13H,2-12H2,1H3;2*1-6H2,(H,13,14)(H,15,16)(H,17,18)(H,19,20). The van der Waals surface area contributed by atoms with E-state index < -0.39 is 100 Å². The largest absolute Gasteiger partial charge is 0.480 e. The van der Waals surface area contributed by atoms with Crippen molar-refractivity contribution in [3.05, 3.63) is 0 Å². The maximum absolute atomic E-state index is 10.6. The maximum atomic E-state index is 10.6. The summed E-state index contributed by atoms with van der Waals surface area (Å²) in [6.45, 7) is -2.23. The molecule has 0 bridgehead atoms. The first-order chi connectivity index (χ1) is 24.8. The Morgan fingerprint density at radius 3 is 0.660 bits per heavy atom. The van der Waals surface area contributed by atoms with Gasteiger partial charge in [-0.2, -0.15) is 12.6 Å². The fourth-order valence-electron chi connectivity index (χ4n) is 4.55. The molecule has 0 rings (SSSR count). The number of nitrogens with zero attached hydrogens (tertiary/aromatic N) is 4. The zero-order valence-electron chi connectivity index (χ0n) is 30.3. The summed E-state index contributed by atoms with van der Waals surface area (Å²) in [6, 6.07) is 0. The van der Waals surface area contributed by atoms with E-state index in [9.17, 15) is 38.4 Å². The third kappa shape index (κ3) is 44.0. The Kier molecular flexibility index (Phi) is 35.2. The van der Waals surface area contributed by atoms with Crippen LogP contribution in [0.25, 0.3) is 0 Å². The molecule has 0 heterocycles. The number of carbonyl (C=O) groups is 8. The van der Waals surface area contributed by atoms with Crippen molar-refractivity contribution in [2.45, 2.75) is 71.1 Å². The van der Waals surface area contributed by atoms with Crippen molar-refractivity contribution in [2.24, 2.45) is 0 Å². The summed E-state index contributed by atoms with van der Waals surface area (Å²) >= 11 is 4.20. The number of carboxylic acids is 8. The lowest BCUT2D eigenvalue weighted by atomic mass is 10.1. The minimum Gasteiger partial charge on any atom is -0.480 e. The van der Waals surface area contributed by atoms with E-state index in [0.717, 1.165) is 25.4 Å². The van der Waals surface area contributed by atoms with Crippen molar-refractivity contribution < 1.29 is 79.2 Å². The minimum atomic E-state index is -1.23. The van der Waals surface area contributed by atoms with Gasteiger partial charge in [-0.15, -0.1) is 0 Å². The Bertz CT molecular complexity index is 880. The van der Waals surface area contributed by atoms with Crippen LogP contribution in [0.5, 0.6) is 0 Å². The van der Waals surface area contributed by atoms with Crippen molar-refractivity contribution in [3.63, 3.8) is 0 Å². The first kappa shape index (κ1) is 53.3. The van der Waals surface area contributed by atoms with E-state index in [1.165, 1.54) is 64.2 Å². The van der Waals surface area contributed by atoms with Gasteiger partial charge in [-0.05, 0) is 12.2 Å². The predicted molar refractivity (Wildman–Crippen MR) is 193 cm³/mol. The van der Waals surface area contributed by atoms with Gasteiger partial charge in [-0.3, -0.25) is 58.0 Å². The van der Waals surface area contributed by atoms with Gasteiger partial charge in [0.25, 0.3) is 0 Å². The third-order valence-corrected chi connectivity index (χ3v) is 7.16. The number of unbranched alkanes of at least 4 members (excludes halogenated alkanes) is 9. The lowest BCUT2D eigenvalue weighted by Gasteiger charge is -2.23. The number of hydrogen-bond acceptors (Lipinski definition) is 13. The Morgan fingerprint density at radius 2 is 0.509 bits per heavy atom. The van der Waals surface area contributed by atoms with Crippen molar-refractivity contribution in [2.75, 3.05) is 84.3 Å². The van der Waals surface area contributed by atoms with Crippen LogP contribution in [-0.4, -0.2) is 192 Å². The molecule has 53 heavy (non-hydrogen) atoms. The summed E-state index contributed by atoms with van der Waals surface area (Å²) in [6.07, 6.45) is 14.2. The quantitative estimate of drug-likeness (QED) is 0.0335. The third-order valence-electron chi connectivity index (χ3n) is 6.85. The number of aliphatic carboxylic acids is 8. The first-order valence-electron chi connectivity index (χ1n) is 17.1. The molecule has 8 N–H and O–H groups in total. The van der Waals surface area contributed by atoms with Gasteiger partial charge >= 0.3 is 47.8 Å². The van der Waals surface area contributed by atoms with Gasteiger partial charge in [0.2, 0.25) is 0 Å². The second-order valence-electron chi connectivity index (χ2n) is 11.9. The average molecular weight is 787 g/mol. The molecule has 0 aliphatic carbocycles. The molecule has 0 aromatic carbocycles. The lowest BCUT2D eigenvalue weighted by Crippen LogP contribution is -2.43. The topological polar surface area (TPSA) is 311 Å². The highest BCUT2D eigenvalue weighted by Crippen LogP contribution is 2.10. The SMILES string of the molecule is CCCCCCCCCCCCS.O=C(O)CN(CCN(CC(=O)O)CC(=O)O)CC(=O)O.O=C(O)CN(CCN(CC(=O)O)CC(=O)O)CC(=O)O. The maximum Gasteiger partial charge on any atom is 0.317 e. The minimum absolute atomic E-state index is 0.0703. The smallest absolute Gasteiger partial charge is 0.317 e. The molecule has 0 unspecified atom stereocenters. The average Bonchev–Trinajstić information content (AvgIpc) is 3.00. The fourth-order valence-corrected chi connectivity index (χ4v) is 4.77. The van der Waals surface area contributed by atoms with E-state index in [2.05, 4.69) is 19.6 Å². The molecule has 0 saturated carbocycles. The van der Waals surface area contributed by atoms with E-state index in [-0.39, 0.29) is 26.2 Å². The highest BCUT2D eigenvalue weighted by molar-refractivity contribution is 7.80. The molecular formula is C32H58N4O16S. The molecule has 0 saturated heterocycles. The van der Waals surface area contributed by atoms with Crippen molar-refractivity contribution in [1.29, 1.82) is 0 Å². The van der Waals surface area contributed by atoms with Crippen LogP contribution in [0.4, 0.5) is 0 Å². The monoisotopic (exact) mass is 786 g/mol. The van der Waals surface area contributed by atoms with Crippen LogP contribution >= 0.6 is 12.6 Å². The highest BCUT2D eigenvalue weighted by atomic mass is 32.1. The molecule has 0 aliphatic rings. The zero-order chi connectivity index (χ0) is 41.2. The number of carboxylic acid groups (broad SMARTS) is 8. The lowest BCUT2D eigenvalue weighted by molar-refractivity contribution is -0.145. The summed E-state index contributed by atoms with van der Waals surface area (Å²) in [5.74, 6) is -8.75. The second-order valence-corrected chi connectivity index (χ2v) is 12.3. The van der Waals surface area contributed by atoms with Crippen molar-refractivity contribution >= 4 is 60.4 Å². The Hall–Kier alpha value is -4.05.